The first kappa shape index (κ1) is 16.4. The van der Waals surface area contributed by atoms with E-state index in [0.29, 0.717) is 0 Å². The van der Waals surface area contributed by atoms with Crippen LogP contribution < -0.4 is 4.90 Å². The summed E-state index contributed by atoms with van der Waals surface area (Å²) >= 11 is 0. The molecule has 25 heavy (non-hydrogen) atoms. The van der Waals surface area contributed by atoms with E-state index in [1.165, 1.54) is 12.0 Å². The highest BCUT2D eigenvalue weighted by Crippen LogP contribution is 2.25. The largest absolute Gasteiger partial charge is 0.370 e. The van der Waals surface area contributed by atoms with Crippen molar-refractivity contribution in [3.8, 4) is 0 Å². The van der Waals surface area contributed by atoms with Gasteiger partial charge in [0.15, 0.2) is 5.82 Å². The van der Waals surface area contributed by atoms with Gasteiger partial charge in [-0.25, -0.2) is 15.0 Å². The minimum Gasteiger partial charge on any atom is -0.370 e. The molecule has 0 bridgehead atoms. The highest BCUT2D eigenvalue weighted by molar-refractivity contribution is 5.38. The Hall–Kier alpha value is -2.05. The van der Waals surface area contributed by atoms with Crippen molar-refractivity contribution < 1.29 is 4.74 Å². The molecule has 0 aromatic carbocycles. The van der Waals surface area contributed by atoms with Crippen LogP contribution in [0.25, 0.3) is 0 Å². The summed E-state index contributed by atoms with van der Waals surface area (Å²) in [5, 5.41) is 0. The van der Waals surface area contributed by atoms with Gasteiger partial charge in [-0.15, -0.1) is 0 Å². The quantitative estimate of drug-likeness (QED) is 0.853. The van der Waals surface area contributed by atoms with Crippen LogP contribution in [0, 0.1) is 0 Å². The van der Waals surface area contributed by atoms with Crippen molar-refractivity contribution in [2.45, 2.75) is 31.9 Å². The third-order valence-corrected chi connectivity index (χ3v) is 4.94. The second-order valence-electron chi connectivity index (χ2n) is 6.76. The van der Waals surface area contributed by atoms with Gasteiger partial charge in [-0.1, -0.05) is 6.07 Å². The molecule has 6 nitrogen and oxygen atoms in total. The molecule has 2 aliphatic rings. The maximum atomic E-state index is 5.76. The van der Waals surface area contributed by atoms with Crippen molar-refractivity contribution in [3.63, 3.8) is 0 Å². The van der Waals surface area contributed by atoms with Gasteiger partial charge in [0.1, 0.15) is 11.9 Å². The molecule has 132 valence electrons. The predicted molar refractivity (Wildman–Crippen MR) is 96.3 cm³/mol. The Morgan fingerprint density at radius 1 is 1.00 bits per heavy atom. The molecule has 4 heterocycles. The smallest absolute Gasteiger partial charge is 0.157 e. The van der Waals surface area contributed by atoms with E-state index >= 15 is 0 Å². The first-order chi connectivity index (χ1) is 12.4. The van der Waals surface area contributed by atoms with Crippen molar-refractivity contribution >= 4 is 5.82 Å². The van der Waals surface area contributed by atoms with Crippen LogP contribution in [0.3, 0.4) is 0 Å². The van der Waals surface area contributed by atoms with E-state index in [1.54, 1.807) is 0 Å². The van der Waals surface area contributed by atoms with Crippen LogP contribution in [-0.2, 0) is 11.3 Å². The molecule has 0 aliphatic carbocycles. The molecule has 2 aromatic heterocycles. The van der Waals surface area contributed by atoms with E-state index in [-0.39, 0.29) is 6.10 Å². The molecule has 0 saturated carbocycles. The Labute approximate surface area is 148 Å². The molecule has 0 unspecified atom stereocenters. The monoisotopic (exact) mass is 339 g/mol. The third kappa shape index (κ3) is 4.14. The second-order valence-corrected chi connectivity index (χ2v) is 6.76. The summed E-state index contributed by atoms with van der Waals surface area (Å²) in [5.74, 6) is 1.91. The van der Waals surface area contributed by atoms with Crippen LogP contribution in [0.1, 0.15) is 36.8 Å². The highest BCUT2D eigenvalue weighted by Gasteiger charge is 2.20. The molecule has 0 spiro atoms. The Bertz CT molecular complexity index is 649. The Morgan fingerprint density at radius 3 is 2.52 bits per heavy atom. The minimum atomic E-state index is 0.0877. The number of pyridine rings is 1. The maximum Gasteiger partial charge on any atom is 0.157 e. The molecule has 2 aromatic rings. The van der Waals surface area contributed by atoms with Crippen LogP contribution in [0.15, 0.2) is 36.8 Å². The fraction of sp³-hybridized carbons (Fsp3) is 0.526. The lowest BCUT2D eigenvalue weighted by molar-refractivity contribution is 0.00938. The number of ether oxygens (including phenoxy) is 1. The van der Waals surface area contributed by atoms with E-state index in [9.17, 15) is 0 Å². The van der Waals surface area contributed by atoms with E-state index in [4.69, 9.17) is 4.74 Å². The highest BCUT2D eigenvalue weighted by atomic mass is 16.5. The van der Waals surface area contributed by atoms with E-state index < -0.39 is 0 Å². The molecule has 4 rings (SSSR count). The zero-order valence-electron chi connectivity index (χ0n) is 14.5. The maximum absolute atomic E-state index is 5.76. The number of hydrogen-bond donors (Lipinski definition) is 0. The molecule has 0 N–H and O–H groups in total. The summed E-state index contributed by atoms with van der Waals surface area (Å²) < 4.78 is 5.76. The normalized spacial score (nSPS) is 22.1. The van der Waals surface area contributed by atoms with Crippen molar-refractivity contribution in [1.82, 2.24) is 19.9 Å². The fourth-order valence-corrected chi connectivity index (χ4v) is 3.49. The summed E-state index contributed by atoms with van der Waals surface area (Å²) in [6, 6.07) is 6.08. The fourth-order valence-electron chi connectivity index (χ4n) is 3.49. The lowest BCUT2D eigenvalue weighted by Crippen LogP contribution is -2.46. The summed E-state index contributed by atoms with van der Waals surface area (Å²) in [6.07, 6.45) is 9.27. The molecule has 0 radical (unpaired) electrons. The van der Waals surface area contributed by atoms with Gasteiger partial charge in [-0.05, 0) is 31.4 Å². The Morgan fingerprint density at radius 2 is 1.84 bits per heavy atom. The Balaban J connectivity index is 1.29. The number of nitrogens with zero attached hydrogens (tertiary/aromatic N) is 5. The SMILES string of the molecule is c1ccc(N2CCN(Cc3cnc([C@H]4CCCCO4)nc3)CC2)nc1. The first-order valence-electron chi connectivity index (χ1n) is 9.19. The van der Waals surface area contributed by atoms with Crippen molar-refractivity contribution in [2.24, 2.45) is 0 Å². The van der Waals surface area contributed by atoms with Crippen LogP contribution in [0.4, 0.5) is 5.82 Å². The molecule has 2 saturated heterocycles. The number of piperazine rings is 1. The summed E-state index contributed by atoms with van der Waals surface area (Å²) in [5.41, 5.74) is 1.17. The lowest BCUT2D eigenvalue weighted by Gasteiger charge is -2.35. The van der Waals surface area contributed by atoms with Gasteiger partial charge in [0.2, 0.25) is 0 Å². The van der Waals surface area contributed by atoms with Crippen LogP contribution in [-0.4, -0.2) is 52.6 Å². The molecule has 6 heteroatoms. The van der Waals surface area contributed by atoms with Gasteiger partial charge in [0, 0.05) is 63.5 Å². The van der Waals surface area contributed by atoms with E-state index in [2.05, 4.69) is 30.8 Å². The summed E-state index contributed by atoms with van der Waals surface area (Å²) in [6.45, 7) is 5.81. The molecule has 2 fully saturated rings. The van der Waals surface area contributed by atoms with Crippen LogP contribution in [0.5, 0.6) is 0 Å². The average Bonchev–Trinajstić information content (AvgIpc) is 2.71. The van der Waals surface area contributed by atoms with Crippen LogP contribution in [0.2, 0.25) is 0 Å². The van der Waals surface area contributed by atoms with Gasteiger partial charge in [0.05, 0.1) is 0 Å². The van der Waals surface area contributed by atoms with Crippen molar-refractivity contribution in [2.75, 3.05) is 37.7 Å². The molecule has 0 amide bonds. The Kier molecular flexibility index (Phi) is 5.18. The van der Waals surface area contributed by atoms with Crippen molar-refractivity contribution in [3.05, 3.63) is 48.2 Å². The summed E-state index contributed by atoms with van der Waals surface area (Å²) in [4.78, 5) is 18.3. The average molecular weight is 339 g/mol. The van der Waals surface area contributed by atoms with Crippen molar-refractivity contribution in [1.29, 1.82) is 0 Å². The zero-order valence-corrected chi connectivity index (χ0v) is 14.5. The van der Waals surface area contributed by atoms with Gasteiger partial charge in [-0.3, -0.25) is 4.90 Å². The van der Waals surface area contributed by atoms with Gasteiger partial charge < -0.3 is 9.64 Å². The number of anilines is 1. The minimum absolute atomic E-state index is 0.0877. The molecular weight excluding hydrogens is 314 g/mol. The molecule has 1 atom stereocenters. The standard InChI is InChI=1S/C19H25N5O/c1-3-7-20-18(6-1)24-10-8-23(9-11-24)15-16-13-21-19(22-14-16)17-5-2-4-12-25-17/h1,3,6-7,13-14,17H,2,4-5,8-12,15H2/t17-/m1/s1. The third-order valence-electron chi connectivity index (χ3n) is 4.94. The van der Waals surface area contributed by atoms with E-state index in [0.717, 1.165) is 63.8 Å². The first-order valence-corrected chi connectivity index (χ1v) is 9.19. The van der Waals surface area contributed by atoms with Gasteiger partial charge in [-0.2, -0.15) is 0 Å². The summed E-state index contributed by atoms with van der Waals surface area (Å²) in [7, 11) is 0. The van der Waals surface area contributed by atoms with Gasteiger partial charge >= 0.3 is 0 Å². The second kappa shape index (κ2) is 7.89. The lowest BCUT2D eigenvalue weighted by atomic mass is 10.1. The molecular formula is C19H25N5O. The van der Waals surface area contributed by atoms with E-state index in [1.807, 2.05) is 30.7 Å². The van der Waals surface area contributed by atoms with Gasteiger partial charge in [0.25, 0.3) is 0 Å². The molecule has 2 aliphatic heterocycles. The number of hydrogen-bond acceptors (Lipinski definition) is 6. The zero-order chi connectivity index (χ0) is 16.9. The number of aromatic nitrogens is 3. The van der Waals surface area contributed by atoms with Crippen LogP contribution >= 0.6 is 0 Å². The number of rotatable bonds is 4. The predicted octanol–water partition coefficient (Wildman–Crippen LogP) is 2.44. The topological polar surface area (TPSA) is 54.4 Å².